The molecule has 0 saturated carbocycles. The van der Waals surface area contributed by atoms with E-state index in [2.05, 4.69) is 4.72 Å². The van der Waals surface area contributed by atoms with Gasteiger partial charge in [-0.15, -0.1) is 0 Å². The van der Waals surface area contributed by atoms with Crippen molar-refractivity contribution in [2.45, 2.75) is 16.7 Å². The third-order valence-electron chi connectivity index (χ3n) is 3.35. The summed E-state index contributed by atoms with van der Waals surface area (Å²) in [5.74, 6) is -0.312. The lowest BCUT2D eigenvalue weighted by Gasteiger charge is -2.19. The van der Waals surface area contributed by atoms with Gasteiger partial charge in [-0.2, -0.15) is 11.8 Å². The molecule has 8 heteroatoms. The number of carboxylic acids is 1. The quantitative estimate of drug-likeness (QED) is 0.698. The average molecular weight is 380 g/mol. The highest BCUT2D eigenvalue weighted by Crippen LogP contribution is 2.17. The zero-order chi connectivity index (χ0) is 18.3. The Kier molecular flexibility index (Phi) is 6.86. The molecule has 134 valence electrons. The number of nitrogens with one attached hydrogen (secondary N) is 1. The molecule has 1 N–H and O–H groups in total. The molecule has 2 aromatic rings. The molecule has 0 aliphatic heterocycles. The monoisotopic (exact) mass is 380 g/mol. The van der Waals surface area contributed by atoms with Crippen molar-refractivity contribution in [3.05, 3.63) is 60.2 Å². The highest BCUT2D eigenvalue weighted by molar-refractivity contribution is 7.98. The summed E-state index contributed by atoms with van der Waals surface area (Å²) in [6, 6.07) is 13.9. The standard InChI is InChI=1S/C17H19NO5S2/c1-23-14-7-9-15(10-8-14)25(21,22)18-16(17(19)20)12-24-11-13-5-3-2-4-6-13/h2-10,16,18H,11-12H2,1H3,(H,19,20)/p-1/t16-/m0/s1. The molecule has 0 radical (unpaired) electrons. The minimum Gasteiger partial charge on any atom is -0.548 e. The number of methoxy groups -OCH3 is 1. The maximum absolute atomic E-state index is 12.3. The van der Waals surface area contributed by atoms with Crippen molar-refractivity contribution < 1.29 is 23.1 Å². The van der Waals surface area contributed by atoms with Crippen molar-refractivity contribution in [2.75, 3.05) is 12.9 Å². The van der Waals surface area contributed by atoms with Crippen molar-refractivity contribution >= 4 is 27.8 Å². The number of sulfonamides is 1. The number of benzene rings is 2. The van der Waals surface area contributed by atoms with Gasteiger partial charge in [0.2, 0.25) is 10.0 Å². The molecule has 0 unspecified atom stereocenters. The highest BCUT2D eigenvalue weighted by Gasteiger charge is 2.21. The van der Waals surface area contributed by atoms with Crippen LogP contribution in [0.3, 0.4) is 0 Å². The fourth-order valence-electron chi connectivity index (χ4n) is 2.03. The molecule has 2 rings (SSSR count). The van der Waals surface area contributed by atoms with E-state index in [4.69, 9.17) is 4.74 Å². The zero-order valence-electron chi connectivity index (χ0n) is 13.5. The van der Waals surface area contributed by atoms with E-state index < -0.39 is 22.0 Å². The second-order valence-electron chi connectivity index (χ2n) is 5.17. The van der Waals surface area contributed by atoms with Gasteiger partial charge in [0.25, 0.3) is 0 Å². The van der Waals surface area contributed by atoms with Crippen molar-refractivity contribution in [3.8, 4) is 5.75 Å². The van der Waals surface area contributed by atoms with Crippen LogP contribution in [0.2, 0.25) is 0 Å². The van der Waals surface area contributed by atoms with Crippen LogP contribution in [0.5, 0.6) is 5.75 Å². The van der Waals surface area contributed by atoms with Gasteiger partial charge in [-0.05, 0) is 29.8 Å². The third-order valence-corrected chi connectivity index (χ3v) is 5.94. The number of carbonyl (C=O) groups excluding carboxylic acids is 1. The van der Waals surface area contributed by atoms with E-state index in [0.717, 1.165) is 5.56 Å². The Bertz CT molecular complexity index is 792. The van der Waals surface area contributed by atoms with Crippen LogP contribution in [-0.2, 0) is 20.6 Å². The lowest BCUT2D eigenvalue weighted by molar-refractivity contribution is -0.307. The van der Waals surface area contributed by atoms with Crippen LogP contribution in [-0.4, -0.2) is 33.3 Å². The molecule has 1 atom stereocenters. The number of rotatable bonds is 9. The first-order chi connectivity index (χ1) is 11.9. The van der Waals surface area contributed by atoms with E-state index in [1.807, 2.05) is 30.3 Å². The van der Waals surface area contributed by atoms with Gasteiger partial charge in [0, 0.05) is 11.5 Å². The molecule has 0 amide bonds. The minimum atomic E-state index is -3.96. The summed E-state index contributed by atoms with van der Waals surface area (Å²) in [6.07, 6.45) is 0. The second-order valence-corrected chi connectivity index (χ2v) is 7.91. The summed E-state index contributed by atoms with van der Waals surface area (Å²) in [4.78, 5) is 11.2. The number of carboxylic acid groups (broad SMARTS) is 1. The van der Waals surface area contributed by atoms with Crippen molar-refractivity contribution in [3.63, 3.8) is 0 Å². The third kappa shape index (κ3) is 5.77. The first-order valence-electron chi connectivity index (χ1n) is 7.41. The van der Waals surface area contributed by atoms with Gasteiger partial charge in [0.15, 0.2) is 0 Å². The summed E-state index contributed by atoms with van der Waals surface area (Å²) < 4.78 is 31.8. The maximum atomic E-state index is 12.3. The summed E-state index contributed by atoms with van der Waals surface area (Å²) in [5, 5.41) is 11.3. The van der Waals surface area contributed by atoms with Crippen LogP contribution in [0.4, 0.5) is 0 Å². The predicted octanol–water partition coefficient (Wildman–Crippen LogP) is 1.03. The van der Waals surface area contributed by atoms with Crippen LogP contribution in [0.15, 0.2) is 59.5 Å². The van der Waals surface area contributed by atoms with Gasteiger partial charge in [0.1, 0.15) is 5.75 Å². The van der Waals surface area contributed by atoms with E-state index in [1.54, 1.807) is 0 Å². The van der Waals surface area contributed by atoms with Gasteiger partial charge in [0.05, 0.1) is 24.0 Å². The lowest BCUT2D eigenvalue weighted by Crippen LogP contribution is -2.49. The number of ether oxygens (including phenoxy) is 1. The van der Waals surface area contributed by atoms with Gasteiger partial charge < -0.3 is 14.6 Å². The Morgan fingerprint density at radius 3 is 2.36 bits per heavy atom. The predicted molar refractivity (Wildman–Crippen MR) is 94.7 cm³/mol. The second kappa shape index (κ2) is 8.89. The van der Waals surface area contributed by atoms with E-state index in [9.17, 15) is 18.3 Å². The van der Waals surface area contributed by atoms with Crippen LogP contribution >= 0.6 is 11.8 Å². The molecule has 0 aromatic heterocycles. The molecule has 0 spiro atoms. The maximum Gasteiger partial charge on any atom is 0.241 e. The van der Waals surface area contributed by atoms with Crippen LogP contribution < -0.4 is 14.6 Å². The minimum absolute atomic E-state index is 0.0346. The molecule has 0 heterocycles. The van der Waals surface area contributed by atoms with Gasteiger partial charge >= 0.3 is 0 Å². The van der Waals surface area contributed by atoms with Gasteiger partial charge in [-0.1, -0.05) is 30.3 Å². The smallest absolute Gasteiger partial charge is 0.241 e. The molecule has 2 aromatic carbocycles. The Morgan fingerprint density at radius 2 is 1.80 bits per heavy atom. The Hall–Kier alpha value is -2.03. The number of aliphatic carboxylic acids is 1. The first-order valence-corrected chi connectivity index (χ1v) is 10.0. The summed E-state index contributed by atoms with van der Waals surface area (Å²) in [5.41, 5.74) is 1.03. The molecule has 0 bridgehead atoms. The van der Waals surface area contributed by atoms with Crippen molar-refractivity contribution in [2.24, 2.45) is 0 Å². The van der Waals surface area contributed by atoms with E-state index >= 15 is 0 Å². The molecule has 6 nitrogen and oxygen atoms in total. The Morgan fingerprint density at radius 1 is 1.16 bits per heavy atom. The molecular weight excluding hydrogens is 362 g/mol. The van der Waals surface area contributed by atoms with E-state index in [0.29, 0.717) is 11.5 Å². The molecule has 0 fully saturated rings. The van der Waals surface area contributed by atoms with Crippen LogP contribution in [0.1, 0.15) is 5.56 Å². The largest absolute Gasteiger partial charge is 0.548 e. The number of hydrogen-bond acceptors (Lipinski definition) is 6. The summed E-state index contributed by atoms with van der Waals surface area (Å²) in [6.45, 7) is 0. The summed E-state index contributed by atoms with van der Waals surface area (Å²) in [7, 11) is -2.49. The average Bonchev–Trinajstić information content (AvgIpc) is 2.61. The van der Waals surface area contributed by atoms with Crippen LogP contribution in [0.25, 0.3) is 0 Å². The van der Waals surface area contributed by atoms with E-state index in [-0.39, 0.29) is 10.6 Å². The number of thioether (sulfide) groups is 1. The Balaban J connectivity index is 2.00. The molecule has 0 aliphatic rings. The SMILES string of the molecule is COc1ccc(S(=O)(=O)N[C@@H](CSCc2ccccc2)C(=O)[O-])cc1. The normalized spacial score (nSPS) is 12.5. The fourth-order valence-corrected chi connectivity index (χ4v) is 4.32. The van der Waals surface area contributed by atoms with Crippen LogP contribution in [0, 0.1) is 0 Å². The topological polar surface area (TPSA) is 95.5 Å². The van der Waals surface area contributed by atoms with Crippen molar-refractivity contribution in [1.82, 2.24) is 4.72 Å². The highest BCUT2D eigenvalue weighted by atomic mass is 32.2. The number of hydrogen-bond donors (Lipinski definition) is 1. The fraction of sp³-hybridized carbons (Fsp3) is 0.235. The molecule has 25 heavy (non-hydrogen) atoms. The zero-order valence-corrected chi connectivity index (χ0v) is 15.2. The molecular formula is C17H18NO5S2-. The Labute approximate surface area is 151 Å². The lowest BCUT2D eigenvalue weighted by atomic mass is 10.2. The molecule has 0 aliphatic carbocycles. The summed E-state index contributed by atoms with van der Waals surface area (Å²) >= 11 is 1.32. The van der Waals surface area contributed by atoms with E-state index in [1.165, 1.54) is 43.1 Å². The molecule has 0 saturated heterocycles. The number of carbonyl (C=O) groups is 1. The van der Waals surface area contributed by atoms with Crippen molar-refractivity contribution in [1.29, 1.82) is 0 Å². The first kappa shape index (κ1) is 19.3. The van der Waals surface area contributed by atoms with Gasteiger partial charge in [-0.3, -0.25) is 0 Å². The van der Waals surface area contributed by atoms with Gasteiger partial charge in [-0.25, -0.2) is 13.1 Å².